The molecule has 2 aromatic heterocycles. The molecule has 2 saturated heterocycles. The number of aromatic nitrogens is 4. The maximum Gasteiger partial charge on any atom is 0.316 e. The average molecular weight is 568 g/mol. The number of rotatable bonds is 8. The monoisotopic (exact) mass is 567 g/mol. The normalized spacial score (nSPS) is 23.3. The summed E-state index contributed by atoms with van der Waals surface area (Å²) < 4.78 is 31.0. The zero-order valence-electron chi connectivity index (χ0n) is 23.2. The lowest BCUT2D eigenvalue weighted by atomic mass is 9.91. The van der Waals surface area contributed by atoms with Gasteiger partial charge in [0.05, 0.1) is 36.4 Å². The van der Waals surface area contributed by atoms with Crippen molar-refractivity contribution in [3.63, 3.8) is 0 Å². The molecule has 0 bridgehead atoms. The number of benzene rings is 1. The number of esters is 1. The zero-order chi connectivity index (χ0) is 29.2. The predicted molar refractivity (Wildman–Crippen MR) is 147 cm³/mol. The number of hydrogen-bond acceptors (Lipinski definition) is 10. The van der Waals surface area contributed by atoms with Gasteiger partial charge in [-0.2, -0.15) is 0 Å². The van der Waals surface area contributed by atoms with Gasteiger partial charge in [-0.25, -0.2) is 19.3 Å². The van der Waals surface area contributed by atoms with Crippen LogP contribution in [-0.4, -0.2) is 70.3 Å². The fourth-order valence-corrected chi connectivity index (χ4v) is 4.72. The van der Waals surface area contributed by atoms with Crippen LogP contribution in [0.1, 0.15) is 39.4 Å². The van der Waals surface area contributed by atoms with Crippen molar-refractivity contribution < 1.29 is 28.2 Å². The van der Waals surface area contributed by atoms with Crippen molar-refractivity contribution in [2.24, 2.45) is 11.1 Å². The number of primary amides is 1. The number of H-pyrrole nitrogens is 1. The second-order valence-electron chi connectivity index (χ2n) is 10.8. The maximum atomic E-state index is 13.8. The van der Waals surface area contributed by atoms with E-state index in [1.807, 2.05) is 0 Å². The van der Waals surface area contributed by atoms with Crippen LogP contribution in [-0.2, 0) is 29.6 Å². The van der Waals surface area contributed by atoms with Crippen LogP contribution in [0.15, 0.2) is 36.5 Å². The van der Waals surface area contributed by atoms with Crippen molar-refractivity contribution in [3.05, 3.63) is 48.2 Å². The molecule has 4 heterocycles. The quantitative estimate of drug-likeness (QED) is 0.297. The Labute approximate surface area is 236 Å². The van der Waals surface area contributed by atoms with Gasteiger partial charge in [0.15, 0.2) is 5.82 Å². The van der Waals surface area contributed by atoms with Crippen LogP contribution in [0, 0.1) is 11.2 Å². The Balaban J connectivity index is 1.52. The minimum atomic E-state index is -2.12. The summed E-state index contributed by atoms with van der Waals surface area (Å²) in [5.74, 6) is -3.61. The fraction of sp³-hybridized carbons (Fsp3) is 0.464. The number of nitrogens with one attached hydrogen (secondary N) is 3. The summed E-state index contributed by atoms with van der Waals surface area (Å²) in [7, 11) is 0. The number of amides is 1. The molecule has 5 rings (SSSR count). The van der Waals surface area contributed by atoms with Gasteiger partial charge < -0.3 is 35.6 Å². The van der Waals surface area contributed by atoms with E-state index in [0.717, 1.165) is 25.9 Å². The Bertz CT molecular complexity index is 1400. The average Bonchev–Trinajstić information content (AvgIpc) is 3.40. The first-order chi connectivity index (χ1) is 19.6. The Morgan fingerprint density at radius 1 is 1.12 bits per heavy atom. The van der Waals surface area contributed by atoms with E-state index >= 15 is 0 Å². The van der Waals surface area contributed by atoms with Crippen LogP contribution in [0.4, 0.5) is 10.3 Å². The highest BCUT2D eigenvalue weighted by Gasteiger charge is 2.54. The standard InChI is InChI=1S/C28H34FN7O5/c1-16(2)41-25(38)27(3)14-39-28(23(30)37,40-15-27)24-35-21(17-4-6-18(29)7-5-17)22(36-24)20-10-13-32-26(34-20)33-19-8-11-31-12-9-19/h4-7,10,13,16,19,31H,8-9,11-12,14-15H2,1-3H3,(H2,30,37)(H,35,36)(H,32,33,34). The molecule has 3 aromatic rings. The molecule has 0 unspecified atom stereocenters. The number of aromatic amines is 1. The highest BCUT2D eigenvalue weighted by atomic mass is 19.1. The highest BCUT2D eigenvalue weighted by molar-refractivity contribution is 5.85. The second kappa shape index (κ2) is 11.5. The van der Waals surface area contributed by atoms with E-state index in [4.69, 9.17) is 24.9 Å². The van der Waals surface area contributed by atoms with Crippen molar-refractivity contribution in [2.75, 3.05) is 31.6 Å². The smallest absolute Gasteiger partial charge is 0.316 e. The van der Waals surface area contributed by atoms with Gasteiger partial charge in [-0.3, -0.25) is 9.59 Å². The SMILES string of the molecule is CC(C)OC(=O)C1(C)COC(C(N)=O)(c2nc(-c3ccc(F)cc3)c(-c3ccnc(NC4CCNCC4)n3)[nH]2)OC1. The molecule has 2 fully saturated rings. The molecule has 2 aliphatic rings. The van der Waals surface area contributed by atoms with Crippen molar-refractivity contribution in [3.8, 4) is 22.6 Å². The van der Waals surface area contributed by atoms with Gasteiger partial charge in [-0.1, -0.05) is 0 Å². The number of carbonyl (C=O) groups is 2. The van der Waals surface area contributed by atoms with Crippen molar-refractivity contribution >= 4 is 17.8 Å². The molecule has 218 valence electrons. The van der Waals surface area contributed by atoms with Crippen LogP contribution >= 0.6 is 0 Å². The van der Waals surface area contributed by atoms with Gasteiger partial charge in [-0.05, 0) is 77.0 Å². The highest BCUT2D eigenvalue weighted by Crippen LogP contribution is 2.39. The van der Waals surface area contributed by atoms with Crippen molar-refractivity contribution in [1.82, 2.24) is 25.3 Å². The number of hydrogen-bond donors (Lipinski definition) is 4. The first-order valence-corrected chi connectivity index (χ1v) is 13.6. The molecule has 1 aromatic carbocycles. The number of ether oxygens (including phenoxy) is 3. The second-order valence-corrected chi connectivity index (χ2v) is 10.8. The summed E-state index contributed by atoms with van der Waals surface area (Å²) in [6, 6.07) is 7.65. The van der Waals surface area contributed by atoms with Gasteiger partial charge in [0, 0.05) is 17.8 Å². The molecule has 1 amide bonds. The van der Waals surface area contributed by atoms with Crippen LogP contribution in [0.2, 0.25) is 0 Å². The number of nitrogens with two attached hydrogens (primary N) is 1. The summed E-state index contributed by atoms with van der Waals surface area (Å²) in [6.07, 6.45) is 3.14. The first kappa shape index (κ1) is 28.6. The fourth-order valence-electron chi connectivity index (χ4n) is 4.72. The third kappa shape index (κ3) is 5.92. The molecular weight excluding hydrogens is 533 g/mol. The van der Waals surface area contributed by atoms with E-state index in [0.29, 0.717) is 28.6 Å². The summed E-state index contributed by atoms with van der Waals surface area (Å²) in [5.41, 5.74) is 6.45. The number of imidazole rings is 1. The lowest BCUT2D eigenvalue weighted by Gasteiger charge is -2.40. The Kier molecular flexibility index (Phi) is 8.02. The third-order valence-electron chi connectivity index (χ3n) is 7.07. The number of carbonyl (C=O) groups excluding carboxylic acids is 2. The molecule has 5 N–H and O–H groups in total. The largest absolute Gasteiger partial charge is 0.462 e. The molecule has 0 spiro atoms. The number of halogens is 1. The van der Waals surface area contributed by atoms with Gasteiger partial charge in [0.1, 0.15) is 11.2 Å². The third-order valence-corrected chi connectivity index (χ3v) is 7.07. The predicted octanol–water partition coefficient (Wildman–Crippen LogP) is 2.48. The Morgan fingerprint density at radius 3 is 2.44 bits per heavy atom. The lowest BCUT2D eigenvalue weighted by Crippen LogP contribution is -2.56. The Hall–Kier alpha value is -3.94. The molecule has 12 nitrogen and oxygen atoms in total. The van der Waals surface area contributed by atoms with E-state index in [1.54, 1.807) is 45.2 Å². The molecule has 0 atom stereocenters. The van der Waals surface area contributed by atoms with E-state index in [9.17, 15) is 14.0 Å². The number of nitrogens with zero attached hydrogens (tertiary/aromatic N) is 3. The van der Waals surface area contributed by atoms with E-state index in [-0.39, 0.29) is 31.2 Å². The molecule has 13 heteroatoms. The van der Waals surface area contributed by atoms with Gasteiger partial charge in [0.2, 0.25) is 5.95 Å². The summed E-state index contributed by atoms with van der Waals surface area (Å²) >= 11 is 0. The Morgan fingerprint density at radius 2 is 1.80 bits per heavy atom. The summed E-state index contributed by atoms with van der Waals surface area (Å²) in [5, 5.41) is 6.70. The van der Waals surface area contributed by atoms with Crippen molar-refractivity contribution in [2.45, 2.75) is 51.5 Å². The minimum absolute atomic E-state index is 0.0370. The van der Waals surface area contributed by atoms with Gasteiger partial charge >= 0.3 is 11.8 Å². The number of piperidine rings is 1. The van der Waals surface area contributed by atoms with Crippen molar-refractivity contribution in [1.29, 1.82) is 0 Å². The van der Waals surface area contributed by atoms with E-state index in [2.05, 4.69) is 25.6 Å². The number of anilines is 1. The molecule has 0 radical (unpaired) electrons. The molecule has 0 aliphatic carbocycles. The van der Waals surface area contributed by atoms with E-state index in [1.165, 1.54) is 12.1 Å². The first-order valence-electron chi connectivity index (χ1n) is 13.6. The van der Waals surface area contributed by atoms with E-state index < -0.39 is 28.9 Å². The van der Waals surface area contributed by atoms with Crippen LogP contribution in [0.5, 0.6) is 0 Å². The molecule has 0 saturated carbocycles. The van der Waals surface area contributed by atoms with Crippen LogP contribution < -0.4 is 16.4 Å². The molecule has 2 aliphatic heterocycles. The van der Waals surface area contributed by atoms with Crippen LogP contribution in [0.3, 0.4) is 0 Å². The summed E-state index contributed by atoms with van der Waals surface area (Å²) in [6.45, 7) is 6.49. The van der Waals surface area contributed by atoms with Gasteiger partial charge in [-0.15, -0.1) is 0 Å². The molecular formula is C28H34FN7O5. The molecule has 41 heavy (non-hydrogen) atoms. The zero-order valence-corrected chi connectivity index (χ0v) is 23.2. The summed E-state index contributed by atoms with van der Waals surface area (Å²) in [4.78, 5) is 42.4. The maximum absolute atomic E-state index is 13.8. The topological polar surface area (TPSA) is 166 Å². The minimum Gasteiger partial charge on any atom is -0.462 e. The lowest BCUT2D eigenvalue weighted by molar-refractivity contribution is -0.294. The van der Waals surface area contributed by atoms with Crippen LogP contribution in [0.25, 0.3) is 22.6 Å². The van der Waals surface area contributed by atoms with Gasteiger partial charge in [0.25, 0.3) is 5.91 Å².